The summed E-state index contributed by atoms with van der Waals surface area (Å²) in [5.74, 6) is 4.05. The largest absolute Gasteiger partial charge is 0.381 e. The van der Waals surface area contributed by atoms with Crippen molar-refractivity contribution < 1.29 is 13.5 Å². The van der Waals surface area contributed by atoms with Crippen molar-refractivity contribution in [1.29, 1.82) is 0 Å². The fourth-order valence-electron chi connectivity index (χ4n) is 1.61. The van der Waals surface area contributed by atoms with E-state index in [2.05, 4.69) is 15.7 Å². The summed E-state index contributed by atoms with van der Waals surface area (Å²) in [5.41, 5.74) is 2.08. The van der Waals surface area contributed by atoms with E-state index in [4.69, 9.17) is 10.6 Å². The monoisotopic (exact) mass is 272 g/mol. The Morgan fingerprint density at radius 2 is 2.05 bits per heavy atom. The highest BCUT2D eigenvalue weighted by Crippen LogP contribution is 2.28. The van der Waals surface area contributed by atoms with Crippen LogP contribution in [0.1, 0.15) is 19.3 Å². The molecular weight excluding hydrogens is 254 g/mol. The van der Waals surface area contributed by atoms with E-state index < -0.39 is 11.6 Å². The van der Waals surface area contributed by atoms with Crippen LogP contribution in [-0.4, -0.2) is 24.7 Å². The third-order valence-electron chi connectivity index (χ3n) is 2.87. The first-order chi connectivity index (χ1) is 9.20. The second-order valence-electron chi connectivity index (χ2n) is 4.59. The SMILES string of the molecule is NNc1nc(NCCCOCC2CC2)c(F)cc1F. The summed E-state index contributed by atoms with van der Waals surface area (Å²) < 4.78 is 31.9. The van der Waals surface area contributed by atoms with Crippen molar-refractivity contribution >= 4 is 11.6 Å². The molecule has 0 spiro atoms. The molecule has 1 fully saturated rings. The van der Waals surface area contributed by atoms with E-state index in [9.17, 15) is 8.78 Å². The van der Waals surface area contributed by atoms with Gasteiger partial charge in [-0.15, -0.1) is 0 Å². The third-order valence-corrected chi connectivity index (χ3v) is 2.87. The number of ether oxygens (including phenoxy) is 1. The van der Waals surface area contributed by atoms with Crippen molar-refractivity contribution in [3.8, 4) is 0 Å². The van der Waals surface area contributed by atoms with Crippen LogP contribution < -0.4 is 16.6 Å². The van der Waals surface area contributed by atoms with Gasteiger partial charge in [-0.2, -0.15) is 0 Å². The molecule has 1 aliphatic rings. The molecule has 0 amide bonds. The van der Waals surface area contributed by atoms with Gasteiger partial charge in [0.1, 0.15) is 0 Å². The average molecular weight is 272 g/mol. The highest BCUT2D eigenvalue weighted by Gasteiger charge is 2.20. The predicted molar refractivity (Wildman–Crippen MR) is 68.6 cm³/mol. The molecule has 0 aromatic carbocycles. The van der Waals surface area contributed by atoms with Crippen LogP contribution in [-0.2, 0) is 4.74 Å². The summed E-state index contributed by atoms with van der Waals surface area (Å²) in [6.45, 7) is 1.93. The molecule has 1 saturated carbocycles. The number of nitrogen functional groups attached to an aromatic ring is 1. The number of nitrogens with zero attached hydrogens (tertiary/aromatic N) is 1. The van der Waals surface area contributed by atoms with Crippen LogP contribution in [0.4, 0.5) is 20.4 Å². The summed E-state index contributed by atoms with van der Waals surface area (Å²) >= 11 is 0. The smallest absolute Gasteiger partial charge is 0.178 e. The molecule has 1 aromatic rings. The molecule has 4 N–H and O–H groups in total. The average Bonchev–Trinajstić information content (AvgIpc) is 3.20. The molecule has 1 aliphatic carbocycles. The van der Waals surface area contributed by atoms with Gasteiger partial charge in [-0.05, 0) is 25.2 Å². The highest BCUT2D eigenvalue weighted by atomic mass is 19.1. The maximum atomic E-state index is 13.4. The summed E-state index contributed by atoms with van der Waals surface area (Å²) in [4.78, 5) is 3.71. The lowest BCUT2D eigenvalue weighted by molar-refractivity contribution is 0.124. The summed E-state index contributed by atoms with van der Waals surface area (Å²) in [5, 5.41) is 2.79. The van der Waals surface area contributed by atoms with Gasteiger partial charge in [0.2, 0.25) is 0 Å². The fraction of sp³-hybridized carbons (Fsp3) is 0.583. The van der Waals surface area contributed by atoms with Gasteiger partial charge in [0.15, 0.2) is 23.3 Å². The Hall–Kier alpha value is -1.47. The molecule has 0 radical (unpaired) electrons. The van der Waals surface area contributed by atoms with E-state index in [-0.39, 0.29) is 11.6 Å². The van der Waals surface area contributed by atoms with Gasteiger partial charge >= 0.3 is 0 Å². The number of hydrogen-bond donors (Lipinski definition) is 3. The summed E-state index contributed by atoms with van der Waals surface area (Å²) in [6.07, 6.45) is 3.26. The van der Waals surface area contributed by atoms with Crippen LogP contribution in [0.25, 0.3) is 0 Å². The number of nitrogens with two attached hydrogens (primary N) is 1. The van der Waals surface area contributed by atoms with E-state index in [1.54, 1.807) is 0 Å². The summed E-state index contributed by atoms with van der Waals surface area (Å²) in [6, 6.07) is 0.744. The zero-order chi connectivity index (χ0) is 13.7. The molecule has 0 bridgehead atoms. The number of hydrazine groups is 1. The first-order valence-electron chi connectivity index (χ1n) is 6.35. The minimum atomic E-state index is -0.821. The van der Waals surface area contributed by atoms with Crippen molar-refractivity contribution in [2.45, 2.75) is 19.3 Å². The predicted octanol–water partition coefficient (Wildman–Crippen LogP) is 1.87. The van der Waals surface area contributed by atoms with Crippen molar-refractivity contribution in [1.82, 2.24) is 4.98 Å². The number of aromatic nitrogens is 1. The molecule has 5 nitrogen and oxygen atoms in total. The first-order valence-corrected chi connectivity index (χ1v) is 6.35. The molecule has 1 heterocycles. The van der Waals surface area contributed by atoms with Crippen LogP contribution in [0, 0.1) is 17.6 Å². The van der Waals surface area contributed by atoms with Gasteiger partial charge < -0.3 is 15.5 Å². The maximum Gasteiger partial charge on any atom is 0.178 e. The maximum absolute atomic E-state index is 13.4. The quantitative estimate of drug-likeness (QED) is 0.383. The van der Waals surface area contributed by atoms with Crippen LogP contribution in [0.5, 0.6) is 0 Å². The normalized spacial score (nSPS) is 14.5. The van der Waals surface area contributed by atoms with Crippen LogP contribution in [0.15, 0.2) is 6.07 Å². The Labute approximate surface area is 110 Å². The van der Waals surface area contributed by atoms with Gasteiger partial charge in [0.05, 0.1) is 0 Å². The Morgan fingerprint density at radius 1 is 1.32 bits per heavy atom. The topological polar surface area (TPSA) is 72.2 Å². The molecular formula is C12H18F2N4O. The molecule has 19 heavy (non-hydrogen) atoms. The number of pyridine rings is 1. The van der Waals surface area contributed by atoms with Crippen molar-refractivity contribution in [3.05, 3.63) is 17.7 Å². The molecule has 2 rings (SSSR count). The van der Waals surface area contributed by atoms with Gasteiger partial charge in [-0.3, -0.25) is 0 Å². The molecule has 7 heteroatoms. The van der Waals surface area contributed by atoms with Crippen LogP contribution in [0.3, 0.4) is 0 Å². The van der Waals surface area contributed by atoms with E-state index in [1.165, 1.54) is 12.8 Å². The van der Waals surface area contributed by atoms with Gasteiger partial charge in [0.25, 0.3) is 0 Å². The van der Waals surface area contributed by atoms with Crippen molar-refractivity contribution in [2.75, 3.05) is 30.5 Å². The lowest BCUT2D eigenvalue weighted by Crippen LogP contribution is -2.14. The van der Waals surface area contributed by atoms with E-state index in [0.717, 1.165) is 25.0 Å². The van der Waals surface area contributed by atoms with Crippen LogP contribution in [0.2, 0.25) is 0 Å². The lowest BCUT2D eigenvalue weighted by atomic mass is 10.3. The molecule has 106 valence electrons. The van der Waals surface area contributed by atoms with Gasteiger partial charge in [-0.25, -0.2) is 19.6 Å². The standard InChI is InChI=1S/C12H18F2N4O/c13-9-6-10(14)12(18-15)17-11(9)16-4-1-5-19-7-8-2-3-8/h6,8H,1-5,7,15H2,(H2,16,17,18). The minimum Gasteiger partial charge on any atom is -0.381 e. The zero-order valence-electron chi connectivity index (χ0n) is 10.6. The zero-order valence-corrected chi connectivity index (χ0v) is 10.6. The number of anilines is 2. The third kappa shape index (κ3) is 4.29. The number of rotatable bonds is 8. The van der Waals surface area contributed by atoms with Gasteiger partial charge in [-0.1, -0.05) is 0 Å². The number of halogens is 2. The highest BCUT2D eigenvalue weighted by molar-refractivity contribution is 5.46. The molecule has 0 aliphatic heterocycles. The molecule has 1 aromatic heterocycles. The Kier molecular flexibility index (Phi) is 4.86. The summed E-state index contributed by atoms with van der Waals surface area (Å²) in [7, 11) is 0. The fourth-order valence-corrected chi connectivity index (χ4v) is 1.61. The van der Waals surface area contributed by atoms with E-state index in [1.807, 2.05) is 0 Å². The Morgan fingerprint density at radius 3 is 2.74 bits per heavy atom. The minimum absolute atomic E-state index is 0.0171. The second kappa shape index (κ2) is 6.63. The van der Waals surface area contributed by atoms with Crippen LogP contribution >= 0.6 is 0 Å². The van der Waals surface area contributed by atoms with E-state index >= 15 is 0 Å². The van der Waals surface area contributed by atoms with E-state index in [0.29, 0.717) is 13.2 Å². The first kappa shape index (κ1) is 14.0. The second-order valence-corrected chi connectivity index (χ2v) is 4.59. The molecule has 0 saturated heterocycles. The van der Waals surface area contributed by atoms with Crippen molar-refractivity contribution in [3.63, 3.8) is 0 Å². The molecule has 0 atom stereocenters. The Balaban J connectivity index is 1.71. The molecule has 0 unspecified atom stereocenters. The number of nitrogens with one attached hydrogen (secondary N) is 2. The number of hydrogen-bond acceptors (Lipinski definition) is 5. The van der Waals surface area contributed by atoms with Gasteiger partial charge in [0, 0.05) is 25.8 Å². The van der Waals surface area contributed by atoms with Crippen molar-refractivity contribution in [2.24, 2.45) is 11.8 Å². The Bertz CT molecular complexity index is 426. The lowest BCUT2D eigenvalue weighted by Gasteiger charge is -2.09.